The van der Waals surface area contributed by atoms with E-state index in [1.807, 2.05) is 50.3 Å². The highest BCUT2D eigenvalue weighted by Crippen LogP contribution is 1.97. The van der Waals surface area contributed by atoms with E-state index in [2.05, 4.69) is 6.58 Å². The summed E-state index contributed by atoms with van der Waals surface area (Å²) in [5.41, 5.74) is 1.17. The average Bonchev–Trinajstić information content (AvgIpc) is 2.61. The smallest absolute Gasteiger partial charge is 0.331 e. The van der Waals surface area contributed by atoms with Crippen LogP contribution in [0.2, 0.25) is 0 Å². The summed E-state index contributed by atoms with van der Waals surface area (Å²) in [6.07, 6.45) is 7.64. The van der Waals surface area contributed by atoms with Gasteiger partial charge >= 0.3 is 11.9 Å². The predicted molar refractivity (Wildman–Crippen MR) is 97.4 cm³/mol. The first-order chi connectivity index (χ1) is 11.6. The molecule has 0 aliphatic heterocycles. The molecule has 0 aromatic heterocycles. The standard InChI is InChI=1S/C12H20O4.C8H8/c1-3-5-9-15-11(13)7-8-12(14)16-10-6-4-2;1-2-8-6-4-3-5-7-8/h7-8H,3-6,9-10H2,1-2H3;2-7H,1H2. The van der Waals surface area contributed by atoms with Gasteiger partial charge in [0.15, 0.2) is 0 Å². The Labute approximate surface area is 145 Å². The van der Waals surface area contributed by atoms with E-state index in [-0.39, 0.29) is 0 Å². The van der Waals surface area contributed by atoms with Crippen LogP contribution in [0.25, 0.3) is 6.08 Å². The molecule has 132 valence electrons. The highest BCUT2D eigenvalue weighted by Gasteiger charge is 2.00. The van der Waals surface area contributed by atoms with E-state index in [4.69, 9.17) is 9.47 Å². The van der Waals surface area contributed by atoms with Gasteiger partial charge in [0.05, 0.1) is 13.2 Å². The van der Waals surface area contributed by atoms with Crippen molar-refractivity contribution < 1.29 is 19.1 Å². The molecule has 1 aromatic rings. The maximum atomic E-state index is 11.0. The quantitative estimate of drug-likeness (QED) is 0.378. The Morgan fingerprint density at radius 2 is 1.38 bits per heavy atom. The maximum Gasteiger partial charge on any atom is 0.331 e. The van der Waals surface area contributed by atoms with Crippen LogP contribution >= 0.6 is 0 Å². The molecule has 1 aromatic carbocycles. The van der Waals surface area contributed by atoms with Gasteiger partial charge in [-0.3, -0.25) is 0 Å². The zero-order valence-electron chi connectivity index (χ0n) is 14.7. The summed E-state index contributed by atoms with van der Waals surface area (Å²) in [4.78, 5) is 22.1. The third-order valence-electron chi connectivity index (χ3n) is 2.88. The lowest BCUT2D eigenvalue weighted by atomic mass is 10.2. The second-order valence-electron chi connectivity index (χ2n) is 4.99. The van der Waals surface area contributed by atoms with Gasteiger partial charge in [0, 0.05) is 12.2 Å². The van der Waals surface area contributed by atoms with Crippen LogP contribution in [-0.2, 0) is 19.1 Å². The van der Waals surface area contributed by atoms with Crippen LogP contribution in [-0.4, -0.2) is 25.2 Å². The van der Waals surface area contributed by atoms with Crippen LogP contribution in [0.15, 0.2) is 49.1 Å². The highest BCUT2D eigenvalue weighted by molar-refractivity contribution is 5.91. The number of hydrogen-bond donors (Lipinski definition) is 0. The largest absolute Gasteiger partial charge is 0.463 e. The monoisotopic (exact) mass is 332 g/mol. The minimum absolute atomic E-state index is 0.393. The summed E-state index contributed by atoms with van der Waals surface area (Å²) < 4.78 is 9.65. The molecule has 0 heterocycles. The molecular weight excluding hydrogens is 304 g/mol. The third kappa shape index (κ3) is 13.3. The molecule has 0 unspecified atom stereocenters. The number of rotatable bonds is 9. The number of ether oxygens (including phenoxy) is 2. The normalized spacial score (nSPS) is 9.75. The van der Waals surface area contributed by atoms with Gasteiger partial charge in [0.2, 0.25) is 0 Å². The van der Waals surface area contributed by atoms with E-state index in [9.17, 15) is 9.59 Å². The van der Waals surface area contributed by atoms with E-state index in [0.29, 0.717) is 13.2 Å². The number of benzene rings is 1. The second-order valence-corrected chi connectivity index (χ2v) is 4.99. The van der Waals surface area contributed by atoms with Crippen LogP contribution in [0.5, 0.6) is 0 Å². The molecule has 0 atom stereocenters. The second kappa shape index (κ2) is 15.5. The van der Waals surface area contributed by atoms with Gasteiger partial charge in [-0.25, -0.2) is 9.59 Å². The molecule has 0 fully saturated rings. The van der Waals surface area contributed by atoms with Gasteiger partial charge in [-0.15, -0.1) is 0 Å². The van der Waals surface area contributed by atoms with Crippen LogP contribution < -0.4 is 0 Å². The fourth-order valence-electron chi connectivity index (χ4n) is 1.46. The molecule has 0 saturated heterocycles. The summed E-state index contributed by atoms with van der Waals surface area (Å²) in [6.45, 7) is 8.44. The number of unbranched alkanes of at least 4 members (excludes halogenated alkanes) is 2. The first-order valence-corrected chi connectivity index (χ1v) is 8.33. The molecule has 24 heavy (non-hydrogen) atoms. The van der Waals surface area contributed by atoms with E-state index < -0.39 is 11.9 Å². The van der Waals surface area contributed by atoms with E-state index in [1.54, 1.807) is 0 Å². The summed E-state index contributed by atoms with van der Waals surface area (Å²) in [7, 11) is 0. The van der Waals surface area contributed by atoms with Crippen molar-refractivity contribution in [1.82, 2.24) is 0 Å². The molecule has 4 nitrogen and oxygen atoms in total. The molecule has 0 saturated carbocycles. The first-order valence-electron chi connectivity index (χ1n) is 8.33. The lowest BCUT2D eigenvalue weighted by molar-refractivity contribution is -0.140. The Balaban J connectivity index is 0.000000546. The fraction of sp³-hybridized carbons (Fsp3) is 0.400. The molecule has 0 aliphatic rings. The van der Waals surface area contributed by atoms with Crippen LogP contribution in [0.4, 0.5) is 0 Å². The molecule has 0 bridgehead atoms. The number of carbonyl (C=O) groups excluding carboxylic acids is 2. The average molecular weight is 332 g/mol. The minimum Gasteiger partial charge on any atom is -0.463 e. The predicted octanol–water partition coefficient (Wildman–Crippen LogP) is 4.56. The lowest BCUT2D eigenvalue weighted by Crippen LogP contribution is -2.05. The Morgan fingerprint density at radius 3 is 1.71 bits per heavy atom. The van der Waals surface area contributed by atoms with Crippen LogP contribution in [0, 0.1) is 0 Å². The summed E-state index contributed by atoms with van der Waals surface area (Å²) in [6, 6.07) is 10.0. The topological polar surface area (TPSA) is 52.6 Å². The van der Waals surface area contributed by atoms with Gasteiger partial charge in [0.1, 0.15) is 0 Å². The molecule has 4 heteroatoms. The highest BCUT2D eigenvalue weighted by atomic mass is 16.5. The Bertz CT molecular complexity index is 468. The summed E-state index contributed by atoms with van der Waals surface area (Å²) >= 11 is 0. The molecule has 0 N–H and O–H groups in total. The Morgan fingerprint density at radius 1 is 0.917 bits per heavy atom. The van der Waals surface area contributed by atoms with Crippen molar-refractivity contribution in [3.63, 3.8) is 0 Å². The third-order valence-corrected chi connectivity index (χ3v) is 2.88. The van der Waals surface area contributed by atoms with Crippen LogP contribution in [0.3, 0.4) is 0 Å². The Kier molecular flexibility index (Phi) is 14.0. The van der Waals surface area contributed by atoms with Crippen molar-refractivity contribution in [3.05, 3.63) is 54.6 Å². The minimum atomic E-state index is -0.499. The summed E-state index contributed by atoms with van der Waals surface area (Å²) in [5.74, 6) is -0.998. The van der Waals surface area contributed by atoms with Crippen molar-refractivity contribution in [1.29, 1.82) is 0 Å². The number of esters is 2. The molecule has 0 spiro atoms. The van der Waals surface area contributed by atoms with E-state index >= 15 is 0 Å². The van der Waals surface area contributed by atoms with Gasteiger partial charge in [-0.2, -0.15) is 0 Å². The Hall–Kier alpha value is -2.36. The summed E-state index contributed by atoms with van der Waals surface area (Å²) in [5, 5.41) is 0. The number of hydrogen-bond acceptors (Lipinski definition) is 4. The van der Waals surface area contributed by atoms with Crippen molar-refractivity contribution in [3.8, 4) is 0 Å². The van der Waals surface area contributed by atoms with Crippen molar-refractivity contribution in [2.45, 2.75) is 39.5 Å². The zero-order valence-corrected chi connectivity index (χ0v) is 14.7. The lowest BCUT2D eigenvalue weighted by Gasteiger charge is -2.00. The van der Waals surface area contributed by atoms with Gasteiger partial charge in [0.25, 0.3) is 0 Å². The molecule has 0 radical (unpaired) electrons. The van der Waals surface area contributed by atoms with Crippen molar-refractivity contribution in [2.24, 2.45) is 0 Å². The van der Waals surface area contributed by atoms with E-state index in [1.165, 1.54) is 5.56 Å². The van der Waals surface area contributed by atoms with Gasteiger partial charge in [-0.1, -0.05) is 69.7 Å². The molecule has 0 aliphatic carbocycles. The van der Waals surface area contributed by atoms with Gasteiger partial charge < -0.3 is 9.47 Å². The first kappa shape index (κ1) is 21.6. The zero-order chi connectivity index (χ0) is 18.0. The molecule has 0 amide bonds. The molecular formula is C20H28O4. The molecule has 1 rings (SSSR count). The van der Waals surface area contributed by atoms with Crippen LogP contribution in [0.1, 0.15) is 45.1 Å². The van der Waals surface area contributed by atoms with Crippen molar-refractivity contribution >= 4 is 18.0 Å². The number of carbonyl (C=O) groups is 2. The van der Waals surface area contributed by atoms with Crippen molar-refractivity contribution in [2.75, 3.05) is 13.2 Å². The van der Waals surface area contributed by atoms with Gasteiger partial charge in [-0.05, 0) is 18.4 Å². The van der Waals surface area contributed by atoms with E-state index in [0.717, 1.165) is 37.8 Å². The SMILES string of the molecule is C=Cc1ccccc1.CCCCOC(=O)C=CC(=O)OCCCC. The fourth-order valence-corrected chi connectivity index (χ4v) is 1.46. The maximum absolute atomic E-state index is 11.0.